The van der Waals surface area contributed by atoms with Gasteiger partial charge in [-0.1, -0.05) is 29.8 Å². The van der Waals surface area contributed by atoms with E-state index < -0.39 is 5.97 Å². The number of carbonyl (C=O) groups is 1. The highest BCUT2D eigenvalue weighted by Gasteiger charge is 2.17. The van der Waals surface area contributed by atoms with Gasteiger partial charge in [-0.25, -0.2) is 14.8 Å². The van der Waals surface area contributed by atoms with E-state index in [0.29, 0.717) is 16.5 Å². The highest BCUT2D eigenvalue weighted by molar-refractivity contribution is 7.19. The van der Waals surface area contributed by atoms with Crippen molar-refractivity contribution >= 4 is 50.6 Å². The summed E-state index contributed by atoms with van der Waals surface area (Å²) in [7, 11) is 0. The minimum absolute atomic E-state index is 0.213. The molecule has 0 saturated carbocycles. The van der Waals surface area contributed by atoms with Crippen LogP contribution in [0.5, 0.6) is 0 Å². The Balaban J connectivity index is 1.85. The molecule has 4 rings (SSSR count). The number of nitrogens with zero attached hydrogens (tertiary/aromatic N) is 2. The average molecular weight is 396 g/mol. The van der Waals surface area contributed by atoms with E-state index in [1.807, 2.05) is 37.3 Å². The number of benzene rings is 2. The van der Waals surface area contributed by atoms with Gasteiger partial charge in [0.1, 0.15) is 17.0 Å². The van der Waals surface area contributed by atoms with Gasteiger partial charge in [0, 0.05) is 21.2 Å². The first-order valence-corrected chi connectivity index (χ1v) is 9.33. The van der Waals surface area contributed by atoms with Crippen LogP contribution < -0.4 is 5.32 Å². The van der Waals surface area contributed by atoms with E-state index in [9.17, 15) is 9.90 Å². The highest BCUT2D eigenvalue weighted by atomic mass is 35.5. The van der Waals surface area contributed by atoms with Crippen molar-refractivity contribution in [1.29, 1.82) is 0 Å². The molecule has 0 atom stereocenters. The molecule has 2 N–H and O–H groups in total. The number of anilines is 2. The van der Waals surface area contributed by atoms with E-state index in [-0.39, 0.29) is 5.56 Å². The van der Waals surface area contributed by atoms with Crippen molar-refractivity contribution in [3.8, 4) is 11.1 Å². The van der Waals surface area contributed by atoms with Crippen LogP contribution in [0.1, 0.15) is 15.2 Å². The monoisotopic (exact) mass is 395 g/mol. The number of aryl methyl sites for hydroxylation is 1. The van der Waals surface area contributed by atoms with Crippen LogP contribution in [-0.2, 0) is 0 Å². The van der Waals surface area contributed by atoms with E-state index in [2.05, 4.69) is 15.3 Å². The van der Waals surface area contributed by atoms with Gasteiger partial charge in [-0.2, -0.15) is 0 Å². The fraction of sp³-hybridized carbons (Fsp3) is 0.0500. The van der Waals surface area contributed by atoms with Gasteiger partial charge < -0.3 is 10.4 Å². The fourth-order valence-electron chi connectivity index (χ4n) is 2.97. The van der Waals surface area contributed by atoms with E-state index >= 15 is 0 Å². The largest absolute Gasteiger partial charge is 0.478 e. The molecule has 0 amide bonds. The normalized spacial score (nSPS) is 10.9. The van der Waals surface area contributed by atoms with Gasteiger partial charge in [-0.05, 0) is 42.8 Å². The van der Waals surface area contributed by atoms with Crippen LogP contribution in [0.3, 0.4) is 0 Å². The number of nitrogens with one attached hydrogen (secondary N) is 1. The maximum absolute atomic E-state index is 11.2. The second-order valence-electron chi connectivity index (χ2n) is 5.95. The van der Waals surface area contributed by atoms with Crippen LogP contribution in [0.25, 0.3) is 21.3 Å². The summed E-state index contributed by atoms with van der Waals surface area (Å²) in [5, 5.41) is 14.0. The van der Waals surface area contributed by atoms with Crippen LogP contribution >= 0.6 is 22.9 Å². The predicted octanol–water partition coefficient (Wildman–Crippen LogP) is 5.76. The summed E-state index contributed by atoms with van der Waals surface area (Å²) in [6.07, 6.45) is 1.51. The Kier molecular flexibility index (Phi) is 4.51. The summed E-state index contributed by atoms with van der Waals surface area (Å²) in [6, 6.07) is 14.3. The third kappa shape index (κ3) is 3.37. The Morgan fingerprint density at radius 1 is 1.15 bits per heavy atom. The molecule has 0 bridgehead atoms. The van der Waals surface area contributed by atoms with Crippen molar-refractivity contribution in [2.24, 2.45) is 0 Å². The molecule has 2 aromatic heterocycles. The predicted molar refractivity (Wildman–Crippen MR) is 109 cm³/mol. The van der Waals surface area contributed by atoms with E-state index in [0.717, 1.165) is 26.2 Å². The van der Waals surface area contributed by atoms with Crippen molar-refractivity contribution in [2.45, 2.75) is 6.92 Å². The minimum Gasteiger partial charge on any atom is -0.478 e. The molecule has 5 nitrogen and oxygen atoms in total. The third-order valence-corrected chi connectivity index (χ3v) is 5.43. The lowest BCUT2D eigenvalue weighted by Gasteiger charge is -2.10. The summed E-state index contributed by atoms with van der Waals surface area (Å²) in [4.78, 5) is 22.0. The molecular weight excluding hydrogens is 382 g/mol. The zero-order valence-corrected chi connectivity index (χ0v) is 15.8. The number of rotatable bonds is 4. The molecule has 134 valence electrons. The number of fused-ring (bicyclic) bond motifs is 1. The summed E-state index contributed by atoms with van der Waals surface area (Å²) >= 11 is 7.62. The van der Waals surface area contributed by atoms with E-state index in [1.165, 1.54) is 6.33 Å². The zero-order valence-electron chi connectivity index (χ0n) is 14.2. The fourth-order valence-corrected chi connectivity index (χ4v) is 4.11. The Hall–Kier alpha value is -2.96. The smallest absolute Gasteiger partial charge is 0.335 e. The average Bonchev–Trinajstić information content (AvgIpc) is 2.99. The number of carboxylic acid groups (broad SMARTS) is 1. The molecule has 27 heavy (non-hydrogen) atoms. The molecule has 0 saturated heterocycles. The van der Waals surface area contributed by atoms with Gasteiger partial charge in [0.25, 0.3) is 0 Å². The van der Waals surface area contributed by atoms with Gasteiger partial charge in [0.15, 0.2) is 0 Å². The molecule has 4 aromatic rings. The number of carboxylic acids is 1. The third-order valence-electron chi connectivity index (χ3n) is 4.17. The molecule has 0 radical (unpaired) electrons. The number of aromatic nitrogens is 2. The van der Waals surface area contributed by atoms with Crippen LogP contribution in [0.2, 0.25) is 5.02 Å². The molecule has 0 aliphatic rings. The van der Waals surface area contributed by atoms with Crippen molar-refractivity contribution in [2.75, 3.05) is 5.32 Å². The first-order chi connectivity index (χ1) is 13.0. The standard InChI is InChI=1S/C20H14ClN3O2S/c1-11-16(12-5-7-14(21)8-6-12)17-18(22-10-23-19(17)27-11)24-15-4-2-3-13(9-15)20(25)26/h2-10H,1H3,(H,25,26)(H,22,23,24). The van der Waals surface area contributed by atoms with Crippen LogP contribution in [0.15, 0.2) is 54.9 Å². The number of hydrogen-bond donors (Lipinski definition) is 2. The molecule has 0 aliphatic heterocycles. The molecular formula is C20H14ClN3O2S. The SMILES string of the molecule is Cc1sc2ncnc(Nc3cccc(C(=O)O)c3)c2c1-c1ccc(Cl)cc1. The molecule has 0 aliphatic carbocycles. The topological polar surface area (TPSA) is 75.1 Å². The van der Waals surface area contributed by atoms with Crippen LogP contribution in [0, 0.1) is 6.92 Å². The van der Waals surface area contributed by atoms with Gasteiger partial charge in [-0.15, -0.1) is 11.3 Å². The maximum atomic E-state index is 11.2. The Morgan fingerprint density at radius 2 is 1.93 bits per heavy atom. The molecule has 2 aromatic carbocycles. The quantitative estimate of drug-likeness (QED) is 0.459. The maximum Gasteiger partial charge on any atom is 0.335 e. The molecule has 2 heterocycles. The van der Waals surface area contributed by atoms with E-state index in [1.54, 1.807) is 29.5 Å². The Morgan fingerprint density at radius 3 is 2.67 bits per heavy atom. The molecule has 0 spiro atoms. The number of aromatic carboxylic acids is 1. The van der Waals surface area contributed by atoms with Crippen molar-refractivity contribution in [1.82, 2.24) is 9.97 Å². The van der Waals surface area contributed by atoms with Crippen LogP contribution in [-0.4, -0.2) is 21.0 Å². The van der Waals surface area contributed by atoms with Crippen molar-refractivity contribution in [3.05, 3.63) is 70.3 Å². The second kappa shape index (κ2) is 6.98. The Bertz CT molecular complexity index is 1160. The first-order valence-electron chi connectivity index (χ1n) is 8.13. The Labute approximate surface area is 164 Å². The molecule has 0 unspecified atom stereocenters. The first kappa shape index (κ1) is 17.5. The number of thiophene rings is 1. The second-order valence-corrected chi connectivity index (χ2v) is 7.59. The van der Waals surface area contributed by atoms with Gasteiger partial charge in [0.05, 0.1) is 10.9 Å². The zero-order chi connectivity index (χ0) is 19.0. The number of halogens is 1. The van der Waals surface area contributed by atoms with Crippen LogP contribution in [0.4, 0.5) is 11.5 Å². The summed E-state index contributed by atoms with van der Waals surface area (Å²) in [6.45, 7) is 2.05. The lowest BCUT2D eigenvalue weighted by molar-refractivity contribution is 0.0697. The lowest BCUT2D eigenvalue weighted by Crippen LogP contribution is -1.99. The van der Waals surface area contributed by atoms with Gasteiger partial charge in [-0.3, -0.25) is 0 Å². The van der Waals surface area contributed by atoms with Gasteiger partial charge in [0.2, 0.25) is 0 Å². The summed E-state index contributed by atoms with van der Waals surface area (Å²) < 4.78 is 0. The van der Waals surface area contributed by atoms with Gasteiger partial charge >= 0.3 is 5.97 Å². The minimum atomic E-state index is -0.972. The van der Waals surface area contributed by atoms with Crippen molar-refractivity contribution in [3.63, 3.8) is 0 Å². The molecule has 0 fully saturated rings. The highest BCUT2D eigenvalue weighted by Crippen LogP contribution is 2.41. The molecule has 7 heteroatoms. The summed E-state index contributed by atoms with van der Waals surface area (Å²) in [5.74, 6) is -0.337. The van der Waals surface area contributed by atoms with E-state index in [4.69, 9.17) is 11.6 Å². The number of hydrogen-bond acceptors (Lipinski definition) is 5. The lowest BCUT2D eigenvalue weighted by atomic mass is 10.0. The summed E-state index contributed by atoms with van der Waals surface area (Å²) in [5.41, 5.74) is 2.94. The van der Waals surface area contributed by atoms with Crippen molar-refractivity contribution < 1.29 is 9.90 Å².